The van der Waals surface area contributed by atoms with E-state index in [1.54, 1.807) is 6.20 Å². The van der Waals surface area contributed by atoms with E-state index in [0.29, 0.717) is 18.1 Å². The fourth-order valence-electron chi connectivity index (χ4n) is 1.12. The molecule has 0 spiro atoms. The number of hydrogen-bond acceptors (Lipinski definition) is 5. The number of rotatable bonds is 3. The molecule has 14 heavy (non-hydrogen) atoms. The van der Waals surface area contributed by atoms with Crippen molar-refractivity contribution in [3.63, 3.8) is 0 Å². The van der Waals surface area contributed by atoms with Gasteiger partial charge in [-0.3, -0.25) is 5.10 Å². The van der Waals surface area contributed by atoms with Crippen molar-refractivity contribution in [1.29, 1.82) is 0 Å². The van der Waals surface area contributed by atoms with Crippen LogP contribution in [0.4, 0.5) is 0 Å². The highest BCUT2D eigenvalue weighted by Crippen LogP contribution is 2.17. The smallest absolute Gasteiger partial charge is 0.276 e. The summed E-state index contributed by atoms with van der Waals surface area (Å²) in [5.74, 6) is 0.903. The molecule has 74 valence electrons. The van der Waals surface area contributed by atoms with E-state index in [1.165, 1.54) is 0 Å². The van der Waals surface area contributed by atoms with E-state index in [2.05, 4.69) is 20.3 Å². The zero-order chi connectivity index (χ0) is 9.97. The molecule has 0 fully saturated rings. The highest BCUT2D eigenvalue weighted by molar-refractivity contribution is 5.50. The van der Waals surface area contributed by atoms with E-state index in [0.717, 1.165) is 11.3 Å². The second-order valence-corrected chi connectivity index (χ2v) is 2.92. The number of aromatic amines is 1. The first-order valence-electron chi connectivity index (χ1n) is 4.25. The van der Waals surface area contributed by atoms with Crippen molar-refractivity contribution in [3.05, 3.63) is 17.6 Å². The molecule has 0 bridgehead atoms. The van der Waals surface area contributed by atoms with E-state index >= 15 is 0 Å². The predicted molar refractivity (Wildman–Crippen MR) is 47.4 cm³/mol. The SMILES string of the molecule is Cc1cn[nH]c1-c1nc(CCO)no1. The lowest BCUT2D eigenvalue weighted by Gasteiger charge is -1.88. The van der Waals surface area contributed by atoms with Crippen molar-refractivity contribution in [2.75, 3.05) is 6.61 Å². The van der Waals surface area contributed by atoms with Gasteiger partial charge in [-0.2, -0.15) is 10.1 Å². The second kappa shape index (κ2) is 3.59. The summed E-state index contributed by atoms with van der Waals surface area (Å²) in [6.45, 7) is 1.91. The van der Waals surface area contributed by atoms with E-state index in [1.807, 2.05) is 6.92 Å². The summed E-state index contributed by atoms with van der Waals surface area (Å²) in [5.41, 5.74) is 1.67. The number of aryl methyl sites for hydroxylation is 1. The van der Waals surface area contributed by atoms with Crippen LogP contribution in [-0.2, 0) is 6.42 Å². The number of aliphatic hydroxyl groups is 1. The van der Waals surface area contributed by atoms with Gasteiger partial charge >= 0.3 is 0 Å². The highest BCUT2D eigenvalue weighted by Gasteiger charge is 2.11. The maximum absolute atomic E-state index is 8.67. The summed E-state index contributed by atoms with van der Waals surface area (Å²) in [6.07, 6.45) is 2.09. The number of nitrogens with zero attached hydrogens (tertiary/aromatic N) is 3. The maximum atomic E-state index is 8.67. The average Bonchev–Trinajstić information content (AvgIpc) is 2.74. The minimum absolute atomic E-state index is 0.0148. The van der Waals surface area contributed by atoms with Crippen molar-refractivity contribution in [1.82, 2.24) is 20.3 Å². The Hall–Kier alpha value is -1.69. The van der Waals surface area contributed by atoms with E-state index < -0.39 is 0 Å². The molecule has 2 aromatic rings. The second-order valence-electron chi connectivity index (χ2n) is 2.92. The van der Waals surface area contributed by atoms with Gasteiger partial charge in [0, 0.05) is 6.42 Å². The van der Waals surface area contributed by atoms with Crippen LogP contribution in [0.1, 0.15) is 11.4 Å². The third kappa shape index (κ3) is 1.51. The molecule has 2 rings (SSSR count). The Morgan fingerprint density at radius 3 is 3.07 bits per heavy atom. The van der Waals surface area contributed by atoms with Gasteiger partial charge in [-0.15, -0.1) is 0 Å². The predicted octanol–water partition coefficient (Wildman–Crippen LogP) is 0.303. The minimum atomic E-state index is 0.0148. The first-order chi connectivity index (χ1) is 6.81. The van der Waals surface area contributed by atoms with Gasteiger partial charge in [0.25, 0.3) is 5.89 Å². The molecule has 0 unspecified atom stereocenters. The number of H-pyrrole nitrogens is 1. The molecule has 0 atom stereocenters. The van der Waals surface area contributed by atoms with E-state index in [4.69, 9.17) is 9.63 Å². The Bertz CT molecular complexity index is 420. The summed E-state index contributed by atoms with van der Waals surface area (Å²) >= 11 is 0. The third-order valence-electron chi connectivity index (χ3n) is 1.85. The summed E-state index contributed by atoms with van der Waals surface area (Å²) in [5, 5.41) is 19.0. The lowest BCUT2D eigenvalue weighted by molar-refractivity contribution is 0.293. The molecule has 0 aromatic carbocycles. The zero-order valence-electron chi connectivity index (χ0n) is 7.69. The number of aliphatic hydroxyl groups excluding tert-OH is 1. The first kappa shape index (κ1) is 8.89. The van der Waals surface area contributed by atoms with Crippen LogP contribution in [0.15, 0.2) is 10.7 Å². The quantitative estimate of drug-likeness (QED) is 0.733. The molecule has 2 heterocycles. The topological polar surface area (TPSA) is 87.8 Å². The fourth-order valence-corrected chi connectivity index (χ4v) is 1.12. The van der Waals surface area contributed by atoms with Crippen molar-refractivity contribution in [2.24, 2.45) is 0 Å². The Kier molecular flexibility index (Phi) is 2.28. The monoisotopic (exact) mass is 194 g/mol. The molecule has 0 amide bonds. The van der Waals surface area contributed by atoms with Crippen molar-refractivity contribution in [2.45, 2.75) is 13.3 Å². The van der Waals surface area contributed by atoms with Gasteiger partial charge in [-0.05, 0) is 12.5 Å². The van der Waals surface area contributed by atoms with Crippen molar-refractivity contribution < 1.29 is 9.63 Å². The molecular formula is C8H10N4O2. The number of nitrogens with one attached hydrogen (secondary N) is 1. The Morgan fingerprint density at radius 2 is 2.43 bits per heavy atom. The summed E-state index contributed by atoms with van der Waals surface area (Å²) < 4.78 is 5.00. The van der Waals surface area contributed by atoms with Gasteiger partial charge in [0.2, 0.25) is 0 Å². The maximum Gasteiger partial charge on any atom is 0.276 e. The van der Waals surface area contributed by atoms with Crippen LogP contribution in [0.3, 0.4) is 0 Å². The van der Waals surface area contributed by atoms with Gasteiger partial charge in [-0.1, -0.05) is 5.16 Å². The molecule has 0 aliphatic rings. The van der Waals surface area contributed by atoms with Gasteiger partial charge in [0.1, 0.15) is 5.69 Å². The Labute approximate surface area is 80.0 Å². The van der Waals surface area contributed by atoms with Crippen LogP contribution in [0.5, 0.6) is 0 Å². The summed E-state index contributed by atoms with van der Waals surface area (Å²) in [7, 11) is 0. The largest absolute Gasteiger partial charge is 0.396 e. The highest BCUT2D eigenvalue weighted by atomic mass is 16.5. The van der Waals surface area contributed by atoms with Gasteiger partial charge in [0.05, 0.1) is 12.8 Å². The van der Waals surface area contributed by atoms with Crippen LogP contribution < -0.4 is 0 Å². The Morgan fingerprint density at radius 1 is 1.57 bits per heavy atom. The van der Waals surface area contributed by atoms with Gasteiger partial charge in [-0.25, -0.2) is 0 Å². The molecule has 6 nitrogen and oxygen atoms in total. The van der Waals surface area contributed by atoms with Crippen LogP contribution in [-0.4, -0.2) is 32.1 Å². The van der Waals surface area contributed by atoms with E-state index in [9.17, 15) is 0 Å². The van der Waals surface area contributed by atoms with E-state index in [-0.39, 0.29) is 6.61 Å². The normalized spacial score (nSPS) is 10.7. The fraction of sp³-hybridized carbons (Fsp3) is 0.375. The Balaban J connectivity index is 2.29. The molecule has 2 aromatic heterocycles. The number of hydrogen-bond donors (Lipinski definition) is 2. The molecule has 6 heteroatoms. The molecule has 2 N–H and O–H groups in total. The molecule has 0 radical (unpaired) electrons. The van der Waals surface area contributed by atoms with Crippen molar-refractivity contribution in [3.8, 4) is 11.6 Å². The average molecular weight is 194 g/mol. The van der Waals surface area contributed by atoms with Crippen LogP contribution >= 0.6 is 0 Å². The van der Waals surface area contributed by atoms with Crippen LogP contribution in [0.2, 0.25) is 0 Å². The lowest BCUT2D eigenvalue weighted by Crippen LogP contribution is -1.92. The summed E-state index contributed by atoms with van der Waals surface area (Å²) in [6, 6.07) is 0. The number of aromatic nitrogens is 4. The van der Waals surface area contributed by atoms with Gasteiger partial charge < -0.3 is 9.63 Å². The molecule has 0 aliphatic carbocycles. The minimum Gasteiger partial charge on any atom is -0.396 e. The van der Waals surface area contributed by atoms with Crippen molar-refractivity contribution >= 4 is 0 Å². The van der Waals surface area contributed by atoms with Crippen LogP contribution in [0.25, 0.3) is 11.6 Å². The first-order valence-corrected chi connectivity index (χ1v) is 4.25. The lowest BCUT2D eigenvalue weighted by atomic mass is 10.3. The third-order valence-corrected chi connectivity index (χ3v) is 1.85. The zero-order valence-corrected chi connectivity index (χ0v) is 7.69. The standard InChI is InChI=1S/C8H10N4O2/c1-5-4-9-11-7(5)8-10-6(2-3-13)12-14-8/h4,13H,2-3H2,1H3,(H,9,11). The van der Waals surface area contributed by atoms with Gasteiger partial charge in [0.15, 0.2) is 5.82 Å². The molecule has 0 saturated carbocycles. The molecular weight excluding hydrogens is 184 g/mol. The van der Waals surface area contributed by atoms with Crippen LogP contribution in [0, 0.1) is 6.92 Å². The molecule has 0 aliphatic heterocycles. The summed E-state index contributed by atoms with van der Waals surface area (Å²) in [4.78, 5) is 4.09. The molecule has 0 saturated heterocycles.